The van der Waals surface area contributed by atoms with Crippen LogP contribution in [-0.2, 0) is 17.8 Å². The topological polar surface area (TPSA) is 89.6 Å². The van der Waals surface area contributed by atoms with Crippen molar-refractivity contribution in [2.24, 2.45) is 0 Å². The van der Waals surface area contributed by atoms with Crippen LogP contribution in [0.15, 0.2) is 41.1 Å². The van der Waals surface area contributed by atoms with Crippen molar-refractivity contribution in [2.45, 2.75) is 13.0 Å². The Balaban J connectivity index is 1.32. The van der Waals surface area contributed by atoms with Crippen molar-refractivity contribution >= 4 is 39.6 Å². The summed E-state index contributed by atoms with van der Waals surface area (Å²) in [5.74, 6) is 0.764. The predicted octanol–water partition coefficient (Wildman–Crippen LogP) is 3.04. The minimum atomic E-state index is -0.295. The van der Waals surface area contributed by atoms with Crippen molar-refractivity contribution in [3.05, 3.63) is 57.2 Å². The highest BCUT2D eigenvalue weighted by molar-refractivity contribution is 7.14. The molecule has 1 aromatic carbocycles. The maximum atomic E-state index is 12.4. The van der Waals surface area contributed by atoms with Crippen molar-refractivity contribution in [3.63, 3.8) is 0 Å². The highest BCUT2D eigenvalue weighted by atomic mass is 32.1. The lowest BCUT2D eigenvalue weighted by atomic mass is 10.2. The van der Waals surface area contributed by atoms with E-state index in [4.69, 9.17) is 9.47 Å². The zero-order valence-corrected chi connectivity index (χ0v) is 15.7. The first-order valence-electron chi connectivity index (χ1n) is 8.12. The maximum absolute atomic E-state index is 12.4. The van der Waals surface area contributed by atoms with Gasteiger partial charge in [0.25, 0.3) is 5.91 Å². The number of carbonyl (C=O) groups is 2. The van der Waals surface area contributed by atoms with Crippen molar-refractivity contribution < 1.29 is 19.1 Å². The third-order valence-corrected chi connectivity index (χ3v) is 5.47. The van der Waals surface area contributed by atoms with Crippen molar-refractivity contribution in [1.82, 2.24) is 10.3 Å². The molecule has 27 heavy (non-hydrogen) atoms. The summed E-state index contributed by atoms with van der Waals surface area (Å²) in [6.07, 6.45) is 0.168. The molecular weight excluding hydrogens is 386 g/mol. The van der Waals surface area contributed by atoms with E-state index in [1.54, 1.807) is 34.9 Å². The highest BCUT2D eigenvalue weighted by Crippen LogP contribution is 2.32. The largest absolute Gasteiger partial charge is 0.454 e. The van der Waals surface area contributed by atoms with Crippen molar-refractivity contribution in [1.29, 1.82) is 0 Å². The Bertz CT molecular complexity index is 969. The van der Waals surface area contributed by atoms with Crippen LogP contribution in [0.1, 0.15) is 20.9 Å². The van der Waals surface area contributed by atoms with Crippen LogP contribution in [0.3, 0.4) is 0 Å². The zero-order valence-electron chi connectivity index (χ0n) is 14.1. The molecule has 0 saturated heterocycles. The molecule has 2 N–H and O–H groups in total. The third kappa shape index (κ3) is 4.26. The average Bonchev–Trinajstić information content (AvgIpc) is 3.41. The molecule has 0 atom stereocenters. The Morgan fingerprint density at radius 3 is 2.89 bits per heavy atom. The molecule has 9 heteroatoms. The lowest BCUT2D eigenvalue weighted by Crippen LogP contribution is -2.24. The Labute approximate surface area is 163 Å². The molecular formula is C18H15N3O4S2. The molecule has 3 aromatic rings. The average molecular weight is 401 g/mol. The molecule has 138 valence electrons. The minimum absolute atomic E-state index is 0.109. The number of rotatable bonds is 6. The Morgan fingerprint density at radius 2 is 2.04 bits per heavy atom. The predicted molar refractivity (Wildman–Crippen MR) is 103 cm³/mol. The van der Waals surface area contributed by atoms with E-state index in [0.717, 1.165) is 4.88 Å². The van der Waals surface area contributed by atoms with Crippen LogP contribution in [0, 0.1) is 0 Å². The fraction of sp³-hybridized carbons (Fsp3) is 0.167. The van der Waals surface area contributed by atoms with Gasteiger partial charge in [-0.2, -0.15) is 0 Å². The Hall–Kier alpha value is -2.91. The summed E-state index contributed by atoms with van der Waals surface area (Å²) in [5, 5.41) is 9.77. The van der Waals surface area contributed by atoms with Crippen LogP contribution in [0.4, 0.5) is 5.13 Å². The Morgan fingerprint density at radius 1 is 1.15 bits per heavy atom. The molecule has 0 spiro atoms. The van der Waals surface area contributed by atoms with Gasteiger partial charge >= 0.3 is 0 Å². The molecule has 0 bridgehead atoms. The number of carbonyl (C=O) groups excluding carboxylic acids is 2. The van der Waals surface area contributed by atoms with Gasteiger partial charge < -0.3 is 14.8 Å². The summed E-state index contributed by atoms with van der Waals surface area (Å²) in [6.45, 7) is 0.666. The lowest BCUT2D eigenvalue weighted by molar-refractivity contribution is -0.120. The molecule has 1 aliphatic rings. The molecule has 4 rings (SSSR count). The molecule has 3 heterocycles. The van der Waals surface area contributed by atoms with Crippen LogP contribution in [-0.4, -0.2) is 23.6 Å². The molecule has 0 fully saturated rings. The lowest BCUT2D eigenvalue weighted by Gasteiger charge is -2.03. The molecule has 7 nitrogen and oxygen atoms in total. The number of anilines is 1. The highest BCUT2D eigenvalue weighted by Gasteiger charge is 2.17. The second kappa shape index (κ2) is 7.77. The van der Waals surface area contributed by atoms with E-state index in [1.165, 1.54) is 11.3 Å². The smallest absolute Gasteiger partial charge is 0.257 e. The molecule has 2 amide bonds. The number of nitrogens with one attached hydrogen (secondary N) is 2. The fourth-order valence-electron chi connectivity index (χ4n) is 2.48. The van der Waals surface area contributed by atoms with Gasteiger partial charge in [0, 0.05) is 15.8 Å². The molecule has 0 saturated carbocycles. The van der Waals surface area contributed by atoms with E-state index in [2.05, 4.69) is 15.6 Å². The van der Waals surface area contributed by atoms with E-state index in [0.29, 0.717) is 34.4 Å². The summed E-state index contributed by atoms with van der Waals surface area (Å²) in [6, 6.07) is 8.90. The number of nitrogens with zero attached hydrogens (tertiary/aromatic N) is 1. The SMILES string of the molecule is O=C(Cc1csc(NC(=O)c2ccc3c(c2)OCO3)n1)NCc1cccs1. The summed E-state index contributed by atoms with van der Waals surface area (Å²) in [4.78, 5) is 29.8. The van der Waals surface area contributed by atoms with Crippen LogP contribution < -0.4 is 20.1 Å². The van der Waals surface area contributed by atoms with Gasteiger partial charge in [-0.1, -0.05) is 6.07 Å². The van der Waals surface area contributed by atoms with Crippen LogP contribution >= 0.6 is 22.7 Å². The zero-order chi connectivity index (χ0) is 18.6. The van der Waals surface area contributed by atoms with Gasteiger partial charge in [0.15, 0.2) is 16.6 Å². The van der Waals surface area contributed by atoms with E-state index in [1.807, 2.05) is 17.5 Å². The first-order valence-corrected chi connectivity index (χ1v) is 9.88. The maximum Gasteiger partial charge on any atom is 0.257 e. The van der Waals surface area contributed by atoms with E-state index < -0.39 is 0 Å². The van der Waals surface area contributed by atoms with Crippen LogP contribution in [0.5, 0.6) is 11.5 Å². The molecule has 0 radical (unpaired) electrons. The van der Waals surface area contributed by atoms with Gasteiger partial charge in [0.1, 0.15) is 0 Å². The second-order valence-corrected chi connectivity index (χ2v) is 7.59. The minimum Gasteiger partial charge on any atom is -0.454 e. The summed E-state index contributed by atoms with van der Waals surface area (Å²) >= 11 is 2.87. The molecule has 1 aliphatic heterocycles. The molecule has 0 unspecified atom stereocenters. The molecule has 2 aromatic heterocycles. The molecule has 0 aliphatic carbocycles. The first kappa shape index (κ1) is 17.5. The number of amides is 2. The second-order valence-electron chi connectivity index (χ2n) is 5.70. The van der Waals surface area contributed by atoms with Crippen LogP contribution in [0.2, 0.25) is 0 Å². The van der Waals surface area contributed by atoms with Crippen molar-refractivity contribution in [3.8, 4) is 11.5 Å². The number of fused-ring (bicyclic) bond motifs is 1. The van der Waals surface area contributed by atoms with E-state index >= 15 is 0 Å². The number of hydrogen-bond donors (Lipinski definition) is 2. The number of thiophene rings is 1. The quantitative estimate of drug-likeness (QED) is 0.663. The number of aromatic nitrogens is 1. The summed E-state index contributed by atoms with van der Waals surface area (Å²) in [7, 11) is 0. The first-order chi connectivity index (χ1) is 13.2. The number of hydrogen-bond acceptors (Lipinski definition) is 7. The fourth-order valence-corrected chi connectivity index (χ4v) is 3.83. The monoisotopic (exact) mass is 401 g/mol. The van der Waals surface area contributed by atoms with Gasteiger partial charge in [-0.15, -0.1) is 22.7 Å². The normalized spacial score (nSPS) is 12.0. The summed E-state index contributed by atoms with van der Waals surface area (Å²) in [5.41, 5.74) is 1.06. The number of thiazole rings is 1. The van der Waals surface area contributed by atoms with Crippen LogP contribution in [0.25, 0.3) is 0 Å². The van der Waals surface area contributed by atoms with Gasteiger partial charge in [0.2, 0.25) is 12.7 Å². The van der Waals surface area contributed by atoms with E-state index in [9.17, 15) is 9.59 Å². The number of benzene rings is 1. The van der Waals surface area contributed by atoms with Gasteiger partial charge in [-0.3, -0.25) is 14.9 Å². The van der Waals surface area contributed by atoms with Gasteiger partial charge in [-0.25, -0.2) is 4.98 Å². The van der Waals surface area contributed by atoms with Gasteiger partial charge in [-0.05, 0) is 29.6 Å². The Kier molecular flexibility index (Phi) is 5.03. The van der Waals surface area contributed by atoms with Gasteiger partial charge in [0.05, 0.1) is 18.7 Å². The third-order valence-electron chi connectivity index (χ3n) is 3.79. The number of ether oxygens (including phenoxy) is 2. The van der Waals surface area contributed by atoms with Crippen molar-refractivity contribution in [2.75, 3.05) is 12.1 Å². The summed E-state index contributed by atoms with van der Waals surface area (Å²) < 4.78 is 10.5. The van der Waals surface area contributed by atoms with E-state index in [-0.39, 0.29) is 25.0 Å². The standard InChI is InChI=1S/C18H15N3O4S2/c22-16(19-8-13-2-1-5-26-13)7-12-9-27-18(20-12)21-17(23)11-3-4-14-15(6-11)25-10-24-14/h1-6,9H,7-8,10H2,(H,19,22)(H,20,21,23).